The van der Waals surface area contributed by atoms with E-state index in [0.717, 1.165) is 5.75 Å². The monoisotopic (exact) mass is 343 g/mol. The standard InChI is InChI=1S/C16H14ClN5O2/c1-23-10-4-6-11(7-5-10)24-16-13(18)15(20-9-21-16)22-12-3-2-8-19-14(12)17/h2-9H,18H2,1H3,(H,20,21,22). The van der Waals surface area contributed by atoms with Gasteiger partial charge in [-0.15, -0.1) is 0 Å². The van der Waals surface area contributed by atoms with Crippen molar-refractivity contribution in [1.29, 1.82) is 0 Å². The van der Waals surface area contributed by atoms with Crippen molar-refractivity contribution < 1.29 is 9.47 Å². The quantitative estimate of drug-likeness (QED) is 0.682. The second kappa shape index (κ2) is 7.01. The van der Waals surface area contributed by atoms with Gasteiger partial charge in [0.05, 0.1) is 12.8 Å². The molecule has 0 aliphatic heterocycles. The normalized spacial score (nSPS) is 10.2. The fourth-order valence-electron chi connectivity index (χ4n) is 1.92. The number of nitrogen functional groups attached to an aromatic ring is 1. The van der Waals surface area contributed by atoms with Crippen LogP contribution in [0.2, 0.25) is 5.15 Å². The number of nitrogens with one attached hydrogen (secondary N) is 1. The van der Waals surface area contributed by atoms with Crippen LogP contribution in [0.15, 0.2) is 48.9 Å². The second-order valence-electron chi connectivity index (χ2n) is 4.69. The highest BCUT2D eigenvalue weighted by molar-refractivity contribution is 6.32. The molecule has 0 unspecified atom stereocenters. The number of rotatable bonds is 5. The highest BCUT2D eigenvalue weighted by Gasteiger charge is 2.12. The van der Waals surface area contributed by atoms with Gasteiger partial charge in [-0.2, -0.15) is 4.98 Å². The van der Waals surface area contributed by atoms with E-state index in [0.29, 0.717) is 22.4 Å². The Hall–Kier alpha value is -3.06. The summed E-state index contributed by atoms with van der Waals surface area (Å²) in [6.07, 6.45) is 2.94. The number of pyridine rings is 1. The lowest BCUT2D eigenvalue weighted by atomic mass is 10.3. The number of benzene rings is 1. The SMILES string of the molecule is COc1ccc(Oc2ncnc(Nc3cccnc3Cl)c2N)cc1. The number of nitrogens with two attached hydrogens (primary N) is 1. The van der Waals surface area contributed by atoms with Crippen LogP contribution >= 0.6 is 11.6 Å². The molecule has 0 saturated carbocycles. The van der Waals surface area contributed by atoms with Gasteiger partial charge < -0.3 is 20.5 Å². The van der Waals surface area contributed by atoms with Crippen LogP contribution in [0.4, 0.5) is 17.2 Å². The Morgan fingerprint density at radius 2 is 1.79 bits per heavy atom. The Morgan fingerprint density at radius 1 is 1.04 bits per heavy atom. The Labute approximate surface area is 143 Å². The van der Waals surface area contributed by atoms with Gasteiger partial charge >= 0.3 is 0 Å². The van der Waals surface area contributed by atoms with Crippen LogP contribution in [0.3, 0.4) is 0 Å². The van der Waals surface area contributed by atoms with Crippen molar-refractivity contribution >= 4 is 28.8 Å². The summed E-state index contributed by atoms with van der Waals surface area (Å²) >= 11 is 6.02. The fourth-order valence-corrected chi connectivity index (χ4v) is 2.09. The lowest BCUT2D eigenvalue weighted by Crippen LogP contribution is -2.03. The number of halogens is 1. The summed E-state index contributed by atoms with van der Waals surface area (Å²) < 4.78 is 10.8. The van der Waals surface area contributed by atoms with Crippen molar-refractivity contribution in [2.75, 3.05) is 18.2 Å². The van der Waals surface area contributed by atoms with E-state index in [1.54, 1.807) is 49.7 Å². The zero-order valence-electron chi connectivity index (χ0n) is 12.7. The third kappa shape index (κ3) is 3.47. The third-order valence-electron chi connectivity index (χ3n) is 3.13. The number of ether oxygens (including phenoxy) is 2. The molecule has 3 N–H and O–H groups in total. The average molecular weight is 344 g/mol. The molecule has 0 fully saturated rings. The summed E-state index contributed by atoms with van der Waals surface area (Å²) in [5.41, 5.74) is 6.93. The molecule has 0 amide bonds. The summed E-state index contributed by atoms with van der Waals surface area (Å²) in [5, 5.41) is 3.33. The molecule has 3 rings (SSSR count). The first-order valence-corrected chi connectivity index (χ1v) is 7.35. The van der Waals surface area contributed by atoms with Gasteiger partial charge in [0.25, 0.3) is 0 Å². The number of methoxy groups -OCH3 is 1. The summed E-state index contributed by atoms with van der Waals surface area (Å²) in [7, 11) is 1.60. The van der Waals surface area contributed by atoms with Crippen LogP contribution in [-0.4, -0.2) is 22.1 Å². The molecule has 0 atom stereocenters. The summed E-state index contributed by atoms with van der Waals surface area (Å²) in [4.78, 5) is 12.2. The minimum absolute atomic E-state index is 0.234. The van der Waals surface area contributed by atoms with Crippen molar-refractivity contribution in [3.05, 3.63) is 54.1 Å². The van der Waals surface area contributed by atoms with Crippen LogP contribution in [0.5, 0.6) is 17.4 Å². The number of hydrogen-bond donors (Lipinski definition) is 2. The summed E-state index contributed by atoms with van der Waals surface area (Å²) in [5.74, 6) is 1.92. The van der Waals surface area contributed by atoms with E-state index in [-0.39, 0.29) is 11.6 Å². The van der Waals surface area contributed by atoms with Gasteiger partial charge in [-0.1, -0.05) is 11.6 Å². The molecule has 122 valence electrons. The van der Waals surface area contributed by atoms with Gasteiger partial charge in [0.1, 0.15) is 23.5 Å². The molecule has 0 bridgehead atoms. The molecule has 7 nitrogen and oxygen atoms in total. The Balaban J connectivity index is 1.83. The first-order valence-electron chi connectivity index (χ1n) is 6.97. The van der Waals surface area contributed by atoms with E-state index in [1.165, 1.54) is 6.33 Å². The lowest BCUT2D eigenvalue weighted by Gasteiger charge is -2.12. The maximum atomic E-state index is 6.08. The van der Waals surface area contributed by atoms with E-state index in [2.05, 4.69) is 20.3 Å². The van der Waals surface area contributed by atoms with Crippen LogP contribution in [0.1, 0.15) is 0 Å². The van der Waals surface area contributed by atoms with E-state index in [9.17, 15) is 0 Å². The van der Waals surface area contributed by atoms with Crippen LogP contribution in [-0.2, 0) is 0 Å². The van der Waals surface area contributed by atoms with Crippen molar-refractivity contribution in [3.63, 3.8) is 0 Å². The number of anilines is 3. The fraction of sp³-hybridized carbons (Fsp3) is 0.0625. The van der Waals surface area contributed by atoms with Gasteiger partial charge in [0, 0.05) is 6.20 Å². The molecule has 1 aromatic carbocycles. The van der Waals surface area contributed by atoms with Crippen LogP contribution in [0.25, 0.3) is 0 Å². The van der Waals surface area contributed by atoms with Gasteiger partial charge in [-0.3, -0.25) is 0 Å². The van der Waals surface area contributed by atoms with E-state index >= 15 is 0 Å². The first-order chi connectivity index (χ1) is 11.7. The molecule has 2 heterocycles. The smallest absolute Gasteiger partial charge is 0.248 e. The molecule has 0 aliphatic rings. The average Bonchev–Trinajstić information content (AvgIpc) is 2.61. The molecular formula is C16H14ClN5O2. The Kier molecular flexibility index (Phi) is 4.62. The highest BCUT2D eigenvalue weighted by Crippen LogP contribution is 2.32. The number of aromatic nitrogens is 3. The number of hydrogen-bond acceptors (Lipinski definition) is 7. The molecule has 0 radical (unpaired) electrons. The molecule has 24 heavy (non-hydrogen) atoms. The zero-order valence-corrected chi connectivity index (χ0v) is 13.5. The van der Waals surface area contributed by atoms with Crippen molar-refractivity contribution in [1.82, 2.24) is 15.0 Å². The van der Waals surface area contributed by atoms with Crippen molar-refractivity contribution in [2.45, 2.75) is 0 Å². The lowest BCUT2D eigenvalue weighted by molar-refractivity contribution is 0.412. The van der Waals surface area contributed by atoms with E-state index in [4.69, 9.17) is 26.8 Å². The second-order valence-corrected chi connectivity index (χ2v) is 5.04. The minimum Gasteiger partial charge on any atom is -0.497 e. The summed E-state index contributed by atoms with van der Waals surface area (Å²) in [6, 6.07) is 10.6. The Bertz CT molecular complexity index is 842. The van der Waals surface area contributed by atoms with Crippen LogP contribution in [0, 0.1) is 0 Å². The highest BCUT2D eigenvalue weighted by atomic mass is 35.5. The van der Waals surface area contributed by atoms with Gasteiger partial charge in [0.15, 0.2) is 11.0 Å². The maximum absolute atomic E-state index is 6.08. The molecule has 0 spiro atoms. The van der Waals surface area contributed by atoms with Gasteiger partial charge in [-0.25, -0.2) is 9.97 Å². The van der Waals surface area contributed by atoms with Gasteiger partial charge in [-0.05, 0) is 36.4 Å². The summed E-state index contributed by atoms with van der Waals surface area (Å²) in [6.45, 7) is 0. The predicted octanol–water partition coefficient (Wildman–Crippen LogP) is 3.65. The van der Waals surface area contributed by atoms with Crippen molar-refractivity contribution in [2.24, 2.45) is 0 Å². The topological polar surface area (TPSA) is 95.2 Å². The molecular weight excluding hydrogens is 330 g/mol. The molecule has 0 saturated heterocycles. The largest absolute Gasteiger partial charge is 0.497 e. The molecule has 3 aromatic rings. The van der Waals surface area contributed by atoms with Crippen LogP contribution < -0.4 is 20.5 Å². The first kappa shape index (κ1) is 15.8. The van der Waals surface area contributed by atoms with E-state index < -0.39 is 0 Å². The third-order valence-corrected chi connectivity index (χ3v) is 3.43. The molecule has 0 aliphatic carbocycles. The Morgan fingerprint density at radius 3 is 2.50 bits per heavy atom. The molecule has 2 aromatic heterocycles. The predicted molar refractivity (Wildman–Crippen MR) is 92.0 cm³/mol. The van der Waals surface area contributed by atoms with Crippen molar-refractivity contribution in [3.8, 4) is 17.4 Å². The minimum atomic E-state index is 0.234. The maximum Gasteiger partial charge on any atom is 0.248 e. The van der Waals surface area contributed by atoms with E-state index in [1.807, 2.05) is 0 Å². The molecule has 8 heteroatoms. The van der Waals surface area contributed by atoms with Gasteiger partial charge in [0.2, 0.25) is 5.88 Å². The zero-order chi connectivity index (χ0) is 16.9. The number of nitrogens with zero attached hydrogens (tertiary/aromatic N) is 3.